The Morgan fingerprint density at radius 1 is 1.15 bits per heavy atom. The van der Waals surface area contributed by atoms with Gasteiger partial charge in [0.1, 0.15) is 5.82 Å². The van der Waals surface area contributed by atoms with Gasteiger partial charge in [0.15, 0.2) is 0 Å². The van der Waals surface area contributed by atoms with Crippen molar-refractivity contribution in [2.45, 2.75) is 19.0 Å². The maximum Gasteiger partial charge on any atom is 0.410 e. The Balaban J connectivity index is 1.81. The second kappa shape index (κ2) is 7.15. The van der Waals surface area contributed by atoms with Gasteiger partial charge in [-0.05, 0) is 40.5 Å². The molecule has 1 aliphatic rings. The summed E-state index contributed by atoms with van der Waals surface area (Å²) in [5.74, 6) is -0.283. The molecule has 27 heavy (non-hydrogen) atoms. The van der Waals surface area contributed by atoms with Crippen LogP contribution in [0.15, 0.2) is 60.8 Å². The fraction of sp³-hybridized carbons (Fsp3) is 0.190. The van der Waals surface area contributed by atoms with Crippen molar-refractivity contribution >= 4 is 6.09 Å². The normalized spacial score (nSPS) is 15.9. The molecule has 0 fully saturated rings. The van der Waals surface area contributed by atoms with E-state index in [0.29, 0.717) is 13.0 Å². The molecule has 0 saturated heterocycles. The van der Waals surface area contributed by atoms with E-state index in [9.17, 15) is 9.18 Å². The molecule has 2 aromatic carbocycles. The fourth-order valence-corrected chi connectivity index (χ4v) is 3.56. The lowest BCUT2D eigenvalue weighted by molar-refractivity contribution is 0.0954. The molecule has 1 aromatic heterocycles. The second-order valence-electron chi connectivity index (χ2n) is 6.42. The number of hydrogen-bond acceptors (Lipinski definition) is 4. The Morgan fingerprint density at radius 3 is 2.70 bits per heavy atom. The van der Waals surface area contributed by atoms with Gasteiger partial charge < -0.3 is 4.74 Å². The van der Waals surface area contributed by atoms with Gasteiger partial charge >= 0.3 is 6.09 Å². The standard InChI is InChI=1S/C21H18FN3O2/c1-27-21(26)25-13-15-10-11-23-24-19(15)12-20(25)18-5-3-2-4-17(18)14-6-8-16(22)9-7-14/h2-11,20H,12-13H2,1H3. The van der Waals surface area contributed by atoms with Gasteiger partial charge in [0, 0.05) is 12.6 Å². The maximum absolute atomic E-state index is 13.4. The van der Waals surface area contributed by atoms with E-state index in [1.807, 2.05) is 30.3 Å². The van der Waals surface area contributed by atoms with Crippen LogP contribution in [0.2, 0.25) is 0 Å². The molecule has 0 N–H and O–H groups in total. The van der Waals surface area contributed by atoms with Gasteiger partial charge in [-0.2, -0.15) is 10.2 Å². The van der Waals surface area contributed by atoms with Crippen LogP contribution in [0.3, 0.4) is 0 Å². The van der Waals surface area contributed by atoms with Gasteiger partial charge in [0.2, 0.25) is 0 Å². The van der Waals surface area contributed by atoms with Crippen molar-refractivity contribution in [2.75, 3.05) is 7.11 Å². The molecule has 3 aromatic rings. The first-order valence-electron chi connectivity index (χ1n) is 8.66. The van der Waals surface area contributed by atoms with E-state index in [4.69, 9.17) is 4.74 Å². The van der Waals surface area contributed by atoms with Crippen LogP contribution in [-0.4, -0.2) is 28.3 Å². The van der Waals surface area contributed by atoms with E-state index < -0.39 is 6.09 Å². The van der Waals surface area contributed by atoms with Crippen molar-refractivity contribution in [3.05, 3.63) is 83.4 Å². The monoisotopic (exact) mass is 363 g/mol. The highest BCUT2D eigenvalue weighted by atomic mass is 19.1. The van der Waals surface area contributed by atoms with Crippen LogP contribution >= 0.6 is 0 Å². The molecule has 0 spiro atoms. The number of benzene rings is 2. The van der Waals surface area contributed by atoms with Crippen molar-refractivity contribution in [1.29, 1.82) is 0 Å². The third-order valence-corrected chi connectivity index (χ3v) is 4.88. The predicted molar refractivity (Wildman–Crippen MR) is 98.3 cm³/mol. The molecular formula is C21H18FN3O2. The minimum absolute atomic E-state index is 0.247. The van der Waals surface area contributed by atoms with E-state index >= 15 is 0 Å². The zero-order valence-electron chi connectivity index (χ0n) is 14.8. The lowest BCUT2D eigenvalue weighted by atomic mass is 9.88. The Kier molecular flexibility index (Phi) is 4.54. The minimum Gasteiger partial charge on any atom is -0.453 e. The number of ether oxygens (including phenoxy) is 1. The summed E-state index contributed by atoms with van der Waals surface area (Å²) in [7, 11) is 1.38. The summed E-state index contributed by atoms with van der Waals surface area (Å²) in [6, 6.07) is 15.8. The molecule has 2 heterocycles. The van der Waals surface area contributed by atoms with E-state index in [1.165, 1.54) is 19.2 Å². The van der Waals surface area contributed by atoms with E-state index in [0.717, 1.165) is 27.9 Å². The summed E-state index contributed by atoms with van der Waals surface area (Å²) in [4.78, 5) is 14.2. The smallest absolute Gasteiger partial charge is 0.410 e. The van der Waals surface area contributed by atoms with Crippen LogP contribution in [-0.2, 0) is 17.7 Å². The summed E-state index contributed by atoms with van der Waals surface area (Å²) < 4.78 is 18.4. The van der Waals surface area contributed by atoms with E-state index in [2.05, 4.69) is 10.2 Å². The zero-order valence-corrected chi connectivity index (χ0v) is 14.8. The highest BCUT2D eigenvalue weighted by Crippen LogP contribution is 2.37. The third kappa shape index (κ3) is 3.26. The Morgan fingerprint density at radius 2 is 1.93 bits per heavy atom. The highest BCUT2D eigenvalue weighted by molar-refractivity contribution is 5.72. The van der Waals surface area contributed by atoms with Crippen LogP contribution in [0.4, 0.5) is 9.18 Å². The number of carbonyl (C=O) groups excluding carboxylic acids is 1. The number of fused-ring (bicyclic) bond motifs is 1. The molecule has 1 atom stereocenters. The SMILES string of the molecule is COC(=O)N1Cc2ccnnc2CC1c1ccccc1-c1ccc(F)cc1. The minimum atomic E-state index is -0.392. The van der Waals surface area contributed by atoms with Crippen molar-refractivity contribution in [3.63, 3.8) is 0 Å². The molecule has 0 bridgehead atoms. The average Bonchev–Trinajstić information content (AvgIpc) is 2.73. The Labute approximate surface area is 156 Å². The number of halogens is 1. The van der Waals surface area contributed by atoms with Crippen molar-refractivity contribution < 1.29 is 13.9 Å². The molecular weight excluding hydrogens is 345 g/mol. The lowest BCUT2D eigenvalue weighted by Gasteiger charge is -2.36. The number of amides is 1. The first-order valence-corrected chi connectivity index (χ1v) is 8.66. The summed E-state index contributed by atoms with van der Waals surface area (Å²) in [5.41, 5.74) is 4.64. The van der Waals surface area contributed by atoms with Gasteiger partial charge in [-0.15, -0.1) is 0 Å². The fourth-order valence-electron chi connectivity index (χ4n) is 3.56. The van der Waals surface area contributed by atoms with Crippen molar-refractivity contribution in [2.24, 2.45) is 0 Å². The summed E-state index contributed by atoms with van der Waals surface area (Å²) in [6.07, 6.45) is 1.77. The lowest BCUT2D eigenvalue weighted by Crippen LogP contribution is -2.39. The number of carbonyl (C=O) groups is 1. The van der Waals surface area contributed by atoms with Crippen LogP contribution in [0.25, 0.3) is 11.1 Å². The van der Waals surface area contributed by atoms with Gasteiger partial charge in [-0.25, -0.2) is 9.18 Å². The van der Waals surface area contributed by atoms with Gasteiger partial charge in [0.25, 0.3) is 0 Å². The largest absolute Gasteiger partial charge is 0.453 e. The van der Waals surface area contributed by atoms with Crippen LogP contribution in [0.1, 0.15) is 22.9 Å². The zero-order chi connectivity index (χ0) is 18.8. The van der Waals surface area contributed by atoms with Crippen molar-refractivity contribution in [3.8, 4) is 11.1 Å². The Hall–Kier alpha value is -3.28. The number of rotatable bonds is 2. The van der Waals surface area contributed by atoms with E-state index in [-0.39, 0.29) is 11.9 Å². The first kappa shape index (κ1) is 17.1. The average molecular weight is 363 g/mol. The molecule has 1 aliphatic heterocycles. The molecule has 1 unspecified atom stereocenters. The molecule has 1 amide bonds. The molecule has 0 aliphatic carbocycles. The predicted octanol–water partition coefficient (Wildman–Crippen LogP) is 4.15. The van der Waals surface area contributed by atoms with Crippen LogP contribution in [0.5, 0.6) is 0 Å². The quantitative estimate of drug-likeness (QED) is 0.686. The topological polar surface area (TPSA) is 55.3 Å². The van der Waals surface area contributed by atoms with Crippen LogP contribution in [0, 0.1) is 5.82 Å². The van der Waals surface area contributed by atoms with Crippen LogP contribution < -0.4 is 0 Å². The molecule has 0 saturated carbocycles. The first-order chi connectivity index (χ1) is 13.2. The van der Waals surface area contributed by atoms with Gasteiger partial charge in [0.05, 0.1) is 25.4 Å². The summed E-state index contributed by atoms with van der Waals surface area (Å²) in [6.45, 7) is 0.403. The Bertz CT molecular complexity index is 975. The second-order valence-corrected chi connectivity index (χ2v) is 6.42. The maximum atomic E-state index is 13.4. The summed E-state index contributed by atoms with van der Waals surface area (Å²) in [5, 5.41) is 8.23. The third-order valence-electron chi connectivity index (χ3n) is 4.88. The number of nitrogens with zero attached hydrogens (tertiary/aromatic N) is 3. The molecule has 6 heteroatoms. The molecule has 5 nitrogen and oxygen atoms in total. The highest BCUT2D eigenvalue weighted by Gasteiger charge is 2.33. The number of hydrogen-bond donors (Lipinski definition) is 0. The molecule has 136 valence electrons. The van der Waals surface area contributed by atoms with E-state index in [1.54, 1.807) is 23.2 Å². The van der Waals surface area contributed by atoms with Gasteiger partial charge in [-0.3, -0.25) is 4.90 Å². The van der Waals surface area contributed by atoms with Gasteiger partial charge in [-0.1, -0.05) is 36.4 Å². The number of methoxy groups -OCH3 is 1. The molecule has 4 rings (SSSR count). The summed E-state index contributed by atoms with van der Waals surface area (Å²) >= 11 is 0. The molecule has 0 radical (unpaired) electrons. The number of aromatic nitrogens is 2. The van der Waals surface area contributed by atoms with Crippen molar-refractivity contribution in [1.82, 2.24) is 15.1 Å².